The van der Waals surface area contributed by atoms with Crippen molar-refractivity contribution in [1.29, 1.82) is 0 Å². The Morgan fingerprint density at radius 1 is 1.31 bits per heavy atom. The van der Waals surface area contributed by atoms with E-state index < -0.39 is 0 Å². The second-order valence-electron chi connectivity index (χ2n) is 4.19. The summed E-state index contributed by atoms with van der Waals surface area (Å²) in [6.45, 7) is 3.32. The van der Waals surface area contributed by atoms with Crippen LogP contribution in [0.15, 0.2) is 30.3 Å². The Morgan fingerprint density at radius 2 is 2.12 bits per heavy atom. The van der Waals surface area contributed by atoms with Crippen LogP contribution in [-0.2, 0) is 4.74 Å². The molecule has 1 saturated heterocycles. The van der Waals surface area contributed by atoms with Gasteiger partial charge in [0.25, 0.3) is 0 Å². The second kappa shape index (κ2) is 5.87. The van der Waals surface area contributed by atoms with E-state index in [4.69, 9.17) is 10.5 Å². The molecule has 3 nitrogen and oxygen atoms in total. The lowest BCUT2D eigenvalue weighted by atomic mass is 10.1. The van der Waals surface area contributed by atoms with E-state index in [1.807, 2.05) is 6.07 Å². The number of hydrogen-bond donors (Lipinski definition) is 1. The van der Waals surface area contributed by atoms with Gasteiger partial charge in [0.15, 0.2) is 0 Å². The van der Waals surface area contributed by atoms with E-state index in [0.717, 1.165) is 26.2 Å². The smallest absolute Gasteiger partial charge is 0.0670 e. The Kier molecular flexibility index (Phi) is 4.19. The van der Waals surface area contributed by atoms with Crippen molar-refractivity contribution in [1.82, 2.24) is 0 Å². The summed E-state index contributed by atoms with van der Waals surface area (Å²) < 4.78 is 5.55. The Balaban J connectivity index is 2.09. The van der Waals surface area contributed by atoms with Crippen molar-refractivity contribution >= 4 is 5.69 Å². The second-order valence-corrected chi connectivity index (χ2v) is 4.19. The number of ether oxygens (including phenoxy) is 1. The molecule has 1 fully saturated rings. The van der Waals surface area contributed by atoms with Gasteiger partial charge in [0.2, 0.25) is 0 Å². The molecule has 2 rings (SSSR count). The largest absolute Gasteiger partial charge is 0.379 e. The zero-order valence-electron chi connectivity index (χ0n) is 9.64. The van der Waals surface area contributed by atoms with Gasteiger partial charge < -0.3 is 15.4 Å². The highest BCUT2D eigenvalue weighted by Gasteiger charge is 2.21. The Bertz CT molecular complexity index is 296. The molecule has 0 amide bonds. The van der Waals surface area contributed by atoms with Gasteiger partial charge in [-0.2, -0.15) is 0 Å². The van der Waals surface area contributed by atoms with Gasteiger partial charge in [0.1, 0.15) is 0 Å². The standard InChI is InChI=1S/C13H20N2O/c14-8-9-15(12-5-2-1-3-6-12)13-7-4-10-16-11-13/h1-3,5-6,13H,4,7-11,14H2. The highest BCUT2D eigenvalue weighted by Crippen LogP contribution is 2.21. The first-order chi connectivity index (χ1) is 7.92. The van der Waals surface area contributed by atoms with Gasteiger partial charge in [-0.3, -0.25) is 0 Å². The van der Waals surface area contributed by atoms with Crippen LogP contribution >= 0.6 is 0 Å². The maximum absolute atomic E-state index is 5.69. The molecule has 1 aliphatic heterocycles. The third-order valence-electron chi connectivity index (χ3n) is 3.03. The van der Waals surface area contributed by atoms with Gasteiger partial charge in [-0.1, -0.05) is 18.2 Å². The van der Waals surface area contributed by atoms with Crippen LogP contribution in [0.4, 0.5) is 5.69 Å². The summed E-state index contributed by atoms with van der Waals surface area (Å²) in [7, 11) is 0. The third-order valence-corrected chi connectivity index (χ3v) is 3.03. The van der Waals surface area contributed by atoms with Gasteiger partial charge >= 0.3 is 0 Å². The molecule has 0 aliphatic carbocycles. The number of hydrogen-bond acceptors (Lipinski definition) is 3. The van der Waals surface area contributed by atoms with Gasteiger partial charge in [0, 0.05) is 25.4 Å². The minimum atomic E-state index is 0.486. The number of rotatable bonds is 4. The lowest BCUT2D eigenvalue weighted by Crippen LogP contribution is -2.43. The Labute approximate surface area is 97.2 Å². The summed E-state index contributed by atoms with van der Waals surface area (Å²) in [5.74, 6) is 0. The molecule has 2 N–H and O–H groups in total. The molecule has 1 heterocycles. The topological polar surface area (TPSA) is 38.5 Å². The molecule has 0 saturated carbocycles. The third kappa shape index (κ3) is 2.74. The van der Waals surface area contributed by atoms with Crippen molar-refractivity contribution in [3.8, 4) is 0 Å². The van der Waals surface area contributed by atoms with Crippen LogP contribution in [-0.4, -0.2) is 32.3 Å². The first-order valence-electron chi connectivity index (χ1n) is 6.01. The van der Waals surface area contributed by atoms with Crippen molar-refractivity contribution in [3.63, 3.8) is 0 Å². The lowest BCUT2D eigenvalue weighted by Gasteiger charge is -2.35. The molecule has 88 valence electrons. The molecule has 16 heavy (non-hydrogen) atoms. The summed E-state index contributed by atoms with van der Waals surface area (Å²) in [6.07, 6.45) is 2.35. The van der Waals surface area contributed by atoms with Crippen LogP contribution in [0.5, 0.6) is 0 Å². The maximum Gasteiger partial charge on any atom is 0.0670 e. The fourth-order valence-corrected chi connectivity index (χ4v) is 2.25. The van der Waals surface area contributed by atoms with E-state index in [-0.39, 0.29) is 0 Å². The molecule has 0 aromatic heterocycles. The van der Waals surface area contributed by atoms with Crippen LogP contribution in [0.3, 0.4) is 0 Å². The normalized spacial score (nSPS) is 20.7. The molecule has 0 spiro atoms. The quantitative estimate of drug-likeness (QED) is 0.838. The molecular weight excluding hydrogens is 200 g/mol. The number of nitrogens with zero attached hydrogens (tertiary/aromatic N) is 1. The monoisotopic (exact) mass is 220 g/mol. The minimum Gasteiger partial charge on any atom is -0.379 e. The number of anilines is 1. The van der Waals surface area contributed by atoms with E-state index in [1.165, 1.54) is 12.1 Å². The fourth-order valence-electron chi connectivity index (χ4n) is 2.25. The van der Waals surface area contributed by atoms with Crippen LogP contribution in [0.25, 0.3) is 0 Å². The summed E-state index contributed by atoms with van der Waals surface area (Å²) in [6, 6.07) is 11.0. The first kappa shape index (κ1) is 11.4. The summed E-state index contributed by atoms with van der Waals surface area (Å²) in [4.78, 5) is 2.37. The lowest BCUT2D eigenvalue weighted by molar-refractivity contribution is 0.0794. The molecule has 0 radical (unpaired) electrons. The first-order valence-corrected chi connectivity index (χ1v) is 6.01. The Hall–Kier alpha value is -1.06. The zero-order chi connectivity index (χ0) is 11.2. The van der Waals surface area contributed by atoms with Crippen LogP contribution in [0, 0.1) is 0 Å². The molecule has 3 heteroatoms. The fraction of sp³-hybridized carbons (Fsp3) is 0.538. The zero-order valence-corrected chi connectivity index (χ0v) is 9.64. The molecule has 0 bridgehead atoms. The van der Waals surface area contributed by atoms with Crippen LogP contribution in [0.1, 0.15) is 12.8 Å². The number of benzene rings is 1. The SMILES string of the molecule is NCCN(c1ccccc1)C1CCCOC1. The average molecular weight is 220 g/mol. The molecule has 1 aromatic carbocycles. The van der Waals surface area contributed by atoms with E-state index in [1.54, 1.807) is 0 Å². The van der Waals surface area contributed by atoms with Crippen molar-refractivity contribution in [2.24, 2.45) is 5.73 Å². The molecule has 1 unspecified atom stereocenters. The minimum absolute atomic E-state index is 0.486. The number of nitrogens with two attached hydrogens (primary N) is 1. The van der Waals surface area contributed by atoms with E-state index >= 15 is 0 Å². The summed E-state index contributed by atoms with van der Waals surface area (Å²) in [5, 5.41) is 0. The highest BCUT2D eigenvalue weighted by molar-refractivity contribution is 5.47. The highest BCUT2D eigenvalue weighted by atomic mass is 16.5. The Morgan fingerprint density at radius 3 is 2.75 bits per heavy atom. The summed E-state index contributed by atoms with van der Waals surface area (Å²) in [5.41, 5.74) is 6.94. The van der Waals surface area contributed by atoms with Gasteiger partial charge in [-0.15, -0.1) is 0 Å². The van der Waals surface area contributed by atoms with Crippen molar-refractivity contribution in [2.45, 2.75) is 18.9 Å². The van der Waals surface area contributed by atoms with Crippen LogP contribution in [0.2, 0.25) is 0 Å². The van der Waals surface area contributed by atoms with Crippen molar-refractivity contribution in [2.75, 3.05) is 31.2 Å². The number of para-hydroxylation sites is 1. The predicted molar refractivity (Wildman–Crippen MR) is 66.7 cm³/mol. The van der Waals surface area contributed by atoms with E-state index in [2.05, 4.69) is 29.2 Å². The summed E-state index contributed by atoms with van der Waals surface area (Å²) >= 11 is 0. The van der Waals surface area contributed by atoms with Gasteiger partial charge in [0.05, 0.1) is 12.6 Å². The van der Waals surface area contributed by atoms with Crippen molar-refractivity contribution < 1.29 is 4.74 Å². The molecule has 1 aromatic rings. The van der Waals surface area contributed by atoms with E-state index in [9.17, 15) is 0 Å². The maximum atomic E-state index is 5.69. The molecule has 1 aliphatic rings. The molecule has 1 atom stereocenters. The average Bonchev–Trinajstić information content (AvgIpc) is 2.38. The van der Waals surface area contributed by atoms with Crippen LogP contribution < -0.4 is 10.6 Å². The van der Waals surface area contributed by atoms with Crippen molar-refractivity contribution in [3.05, 3.63) is 30.3 Å². The van der Waals surface area contributed by atoms with Gasteiger partial charge in [-0.25, -0.2) is 0 Å². The van der Waals surface area contributed by atoms with Gasteiger partial charge in [-0.05, 0) is 25.0 Å². The predicted octanol–water partition coefficient (Wildman–Crippen LogP) is 1.63. The molecular formula is C13H20N2O. The van der Waals surface area contributed by atoms with E-state index in [0.29, 0.717) is 12.6 Å².